The van der Waals surface area contributed by atoms with E-state index in [1.807, 2.05) is 6.92 Å². The maximum atomic E-state index is 12.5. The number of rotatable bonds is 3. The minimum absolute atomic E-state index is 0. The molecule has 0 saturated carbocycles. The van der Waals surface area contributed by atoms with Crippen LogP contribution in [0.3, 0.4) is 0 Å². The molecule has 0 heterocycles. The van der Waals surface area contributed by atoms with Gasteiger partial charge in [-0.3, -0.25) is 5.41 Å². The molecule has 0 amide bonds. The van der Waals surface area contributed by atoms with E-state index in [0.717, 1.165) is 5.56 Å². The normalized spacial score (nSPS) is 9.73. The van der Waals surface area contributed by atoms with E-state index in [1.165, 1.54) is 18.2 Å². The van der Waals surface area contributed by atoms with Crippen molar-refractivity contribution in [2.75, 3.05) is 6.61 Å². The number of hydrogen-bond donors (Lipinski definition) is 1. The van der Waals surface area contributed by atoms with E-state index in [0.29, 0.717) is 6.61 Å². The van der Waals surface area contributed by atoms with Gasteiger partial charge in [0.2, 0.25) is 5.90 Å². The van der Waals surface area contributed by atoms with Gasteiger partial charge >= 0.3 is 0 Å². The van der Waals surface area contributed by atoms with E-state index in [1.54, 1.807) is 18.2 Å². The van der Waals surface area contributed by atoms with E-state index in [2.05, 4.69) is 0 Å². The Hall–Kier alpha value is -1.35. The maximum Gasteiger partial charge on any atom is 0.205 e. The first kappa shape index (κ1) is 13.7. The fraction of sp³-hybridized carbons (Fsp3) is 0.182. The molecule has 1 aromatic rings. The van der Waals surface area contributed by atoms with Crippen LogP contribution in [0.2, 0.25) is 0 Å². The molecule has 0 fully saturated rings. The Kier molecular flexibility index (Phi) is 6.38. The van der Waals surface area contributed by atoms with Gasteiger partial charge in [-0.25, -0.2) is 4.39 Å². The van der Waals surface area contributed by atoms with Crippen molar-refractivity contribution in [2.24, 2.45) is 0 Å². The van der Waals surface area contributed by atoms with Crippen LogP contribution in [0.25, 0.3) is 6.08 Å². The summed E-state index contributed by atoms with van der Waals surface area (Å²) >= 11 is 0. The Morgan fingerprint density at radius 1 is 1.40 bits per heavy atom. The molecule has 0 aliphatic heterocycles. The fourth-order valence-corrected chi connectivity index (χ4v) is 0.949. The molecule has 4 heteroatoms. The van der Waals surface area contributed by atoms with Gasteiger partial charge in [0.05, 0.1) is 6.61 Å². The average Bonchev–Trinajstić information content (AvgIpc) is 2.17. The summed E-state index contributed by atoms with van der Waals surface area (Å²) in [4.78, 5) is 0. The molecule has 0 spiro atoms. The summed E-state index contributed by atoms with van der Waals surface area (Å²) in [6.45, 7) is 2.30. The lowest BCUT2D eigenvalue weighted by atomic mass is 10.2. The summed E-state index contributed by atoms with van der Waals surface area (Å²) in [5.74, 6) is -0.154. The molecule has 0 bridgehead atoms. The highest BCUT2D eigenvalue weighted by molar-refractivity contribution is 5.89. The van der Waals surface area contributed by atoms with Crippen molar-refractivity contribution >= 4 is 24.4 Å². The minimum atomic E-state index is -0.262. The molecule has 0 saturated heterocycles. The third-order valence-corrected chi connectivity index (χ3v) is 1.60. The highest BCUT2D eigenvalue weighted by Gasteiger charge is 1.91. The maximum absolute atomic E-state index is 12.5. The molecular weight excluding hydrogens is 217 g/mol. The van der Waals surface area contributed by atoms with Gasteiger partial charge in [0.25, 0.3) is 0 Å². The molecule has 15 heavy (non-hydrogen) atoms. The molecule has 1 N–H and O–H groups in total. The predicted molar refractivity (Wildman–Crippen MR) is 62.0 cm³/mol. The van der Waals surface area contributed by atoms with Gasteiger partial charge in [-0.15, -0.1) is 12.4 Å². The average molecular weight is 230 g/mol. The monoisotopic (exact) mass is 229 g/mol. The van der Waals surface area contributed by atoms with Gasteiger partial charge < -0.3 is 4.74 Å². The number of benzene rings is 1. The molecule has 0 aliphatic carbocycles. The summed E-state index contributed by atoms with van der Waals surface area (Å²) in [7, 11) is 0. The largest absolute Gasteiger partial charge is 0.478 e. The molecule has 2 nitrogen and oxygen atoms in total. The molecule has 0 aromatic heterocycles. The van der Waals surface area contributed by atoms with Crippen LogP contribution in [0, 0.1) is 11.2 Å². The van der Waals surface area contributed by atoms with Crippen LogP contribution in [0.15, 0.2) is 30.3 Å². The molecule has 1 rings (SSSR count). The van der Waals surface area contributed by atoms with Crippen LogP contribution in [0.5, 0.6) is 0 Å². The highest BCUT2D eigenvalue weighted by atomic mass is 35.5. The molecule has 0 radical (unpaired) electrons. The second-order valence-corrected chi connectivity index (χ2v) is 2.68. The Morgan fingerprint density at radius 3 is 2.53 bits per heavy atom. The minimum Gasteiger partial charge on any atom is -0.478 e. The first-order chi connectivity index (χ1) is 6.72. The standard InChI is InChI=1S/C11H12FNO.ClH/c1-2-14-11(13)8-5-9-3-6-10(12)7-4-9;/h3-8,13H,2H2,1H3;1H/b8-5+,13-11?;. The zero-order valence-corrected chi connectivity index (χ0v) is 9.18. The van der Waals surface area contributed by atoms with Gasteiger partial charge in [0.1, 0.15) is 5.82 Å². The zero-order valence-electron chi connectivity index (χ0n) is 8.37. The molecule has 1 aromatic carbocycles. The Balaban J connectivity index is 0.00000196. The van der Waals surface area contributed by atoms with Crippen molar-refractivity contribution in [2.45, 2.75) is 6.92 Å². The van der Waals surface area contributed by atoms with Crippen molar-refractivity contribution < 1.29 is 9.13 Å². The predicted octanol–water partition coefficient (Wildman–Crippen LogP) is 3.27. The third kappa shape index (κ3) is 5.18. The highest BCUT2D eigenvalue weighted by Crippen LogP contribution is 2.04. The van der Waals surface area contributed by atoms with Crippen LogP contribution in [-0.2, 0) is 4.74 Å². The third-order valence-electron chi connectivity index (χ3n) is 1.60. The topological polar surface area (TPSA) is 33.1 Å². The lowest BCUT2D eigenvalue weighted by Gasteiger charge is -1.98. The molecule has 82 valence electrons. The van der Waals surface area contributed by atoms with Crippen molar-refractivity contribution in [1.29, 1.82) is 5.41 Å². The van der Waals surface area contributed by atoms with Gasteiger partial charge in [0.15, 0.2) is 0 Å². The van der Waals surface area contributed by atoms with E-state index < -0.39 is 0 Å². The fourth-order valence-electron chi connectivity index (χ4n) is 0.949. The van der Waals surface area contributed by atoms with Gasteiger partial charge in [0, 0.05) is 6.08 Å². The number of nitrogens with one attached hydrogen (secondary N) is 1. The first-order valence-corrected chi connectivity index (χ1v) is 4.37. The van der Waals surface area contributed by atoms with Crippen LogP contribution in [-0.4, -0.2) is 12.5 Å². The van der Waals surface area contributed by atoms with E-state index in [-0.39, 0.29) is 24.1 Å². The van der Waals surface area contributed by atoms with Gasteiger partial charge in [-0.2, -0.15) is 0 Å². The van der Waals surface area contributed by atoms with E-state index >= 15 is 0 Å². The smallest absolute Gasteiger partial charge is 0.205 e. The summed E-state index contributed by atoms with van der Waals surface area (Å²) in [6.07, 6.45) is 3.24. The van der Waals surface area contributed by atoms with E-state index in [4.69, 9.17) is 10.1 Å². The Morgan fingerprint density at radius 2 is 2.00 bits per heavy atom. The summed E-state index contributed by atoms with van der Waals surface area (Å²) in [5, 5.41) is 7.30. The lowest BCUT2D eigenvalue weighted by molar-refractivity contribution is 0.327. The molecular formula is C11H13ClFNO. The van der Waals surface area contributed by atoms with Crippen molar-refractivity contribution in [3.8, 4) is 0 Å². The SMILES string of the molecule is CCOC(=N)/C=C/c1ccc(F)cc1.Cl. The molecule has 0 aliphatic rings. The Labute approximate surface area is 94.7 Å². The first-order valence-electron chi connectivity index (χ1n) is 4.37. The number of ether oxygens (including phenoxy) is 1. The lowest BCUT2D eigenvalue weighted by Crippen LogP contribution is -1.97. The van der Waals surface area contributed by atoms with Crippen LogP contribution in [0.4, 0.5) is 4.39 Å². The quantitative estimate of drug-likeness (QED) is 0.626. The van der Waals surface area contributed by atoms with Gasteiger partial charge in [-0.1, -0.05) is 12.1 Å². The van der Waals surface area contributed by atoms with Gasteiger partial charge in [-0.05, 0) is 30.7 Å². The van der Waals surface area contributed by atoms with Crippen LogP contribution < -0.4 is 0 Å². The molecule has 0 atom stereocenters. The second kappa shape index (κ2) is 7.01. The molecule has 0 unspecified atom stereocenters. The Bertz CT molecular complexity index is 335. The summed E-state index contributed by atoms with van der Waals surface area (Å²) in [6, 6.07) is 6.05. The van der Waals surface area contributed by atoms with Crippen LogP contribution in [0.1, 0.15) is 12.5 Å². The van der Waals surface area contributed by atoms with Crippen molar-refractivity contribution in [1.82, 2.24) is 0 Å². The number of halogens is 2. The van der Waals surface area contributed by atoms with Crippen LogP contribution >= 0.6 is 12.4 Å². The van der Waals surface area contributed by atoms with Crippen molar-refractivity contribution in [3.63, 3.8) is 0 Å². The summed E-state index contributed by atoms with van der Waals surface area (Å²) < 4.78 is 17.4. The van der Waals surface area contributed by atoms with E-state index in [9.17, 15) is 4.39 Å². The number of hydrogen-bond acceptors (Lipinski definition) is 2. The van der Waals surface area contributed by atoms with Crippen molar-refractivity contribution in [3.05, 3.63) is 41.7 Å². The second-order valence-electron chi connectivity index (χ2n) is 2.68. The zero-order chi connectivity index (χ0) is 10.4. The summed E-state index contributed by atoms with van der Waals surface area (Å²) in [5.41, 5.74) is 0.843.